The fourth-order valence-electron chi connectivity index (χ4n) is 1.92. The highest BCUT2D eigenvalue weighted by Crippen LogP contribution is 2.15. The molecule has 0 saturated carbocycles. The SMILES string of the molecule is C=CCOc1cccc(/C=N\NC(=O)C(=O)Nc2ccc(OC)cc2)c1. The molecule has 2 N–H and O–H groups in total. The number of carbonyl (C=O) groups is 2. The summed E-state index contributed by atoms with van der Waals surface area (Å²) in [6, 6.07) is 13.7. The van der Waals surface area contributed by atoms with Crippen LogP contribution in [0.3, 0.4) is 0 Å². The number of nitrogens with zero attached hydrogens (tertiary/aromatic N) is 1. The number of hydrogen-bond donors (Lipinski definition) is 2. The molecule has 2 aromatic carbocycles. The Balaban J connectivity index is 1.87. The van der Waals surface area contributed by atoms with Crippen molar-refractivity contribution >= 4 is 23.7 Å². The van der Waals surface area contributed by atoms with E-state index in [0.717, 1.165) is 0 Å². The van der Waals surface area contributed by atoms with Crippen LogP contribution in [0.2, 0.25) is 0 Å². The summed E-state index contributed by atoms with van der Waals surface area (Å²) in [5.74, 6) is -0.403. The minimum Gasteiger partial charge on any atom is -0.497 e. The smallest absolute Gasteiger partial charge is 0.329 e. The largest absolute Gasteiger partial charge is 0.497 e. The van der Waals surface area contributed by atoms with Crippen molar-refractivity contribution in [2.75, 3.05) is 19.0 Å². The van der Waals surface area contributed by atoms with Crippen molar-refractivity contribution in [2.45, 2.75) is 0 Å². The number of anilines is 1. The zero-order chi connectivity index (χ0) is 18.8. The molecule has 0 aliphatic carbocycles. The van der Waals surface area contributed by atoms with Gasteiger partial charge in [-0.25, -0.2) is 5.43 Å². The average molecular weight is 353 g/mol. The molecule has 0 aliphatic rings. The summed E-state index contributed by atoms with van der Waals surface area (Å²) in [6.07, 6.45) is 3.06. The van der Waals surface area contributed by atoms with Crippen LogP contribution in [0.15, 0.2) is 66.3 Å². The maximum Gasteiger partial charge on any atom is 0.329 e. The minimum absolute atomic E-state index is 0.392. The van der Waals surface area contributed by atoms with Crippen LogP contribution < -0.4 is 20.2 Å². The lowest BCUT2D eigenvalue weighted by molar-refractivity contribution is -0.136. The summed E-state index contributed by atoms with van der Waals surface area (Å²) in [6.45, 7) is 3.97. The molecule has 2 rings (SSSR count). The van der Waals surface area contributed by atoms with Gasteiger partial charge in [-0.3, -0.25) is 9.59 Å². The van der Waals surface area contributed by atoms with E-state index in [9.17, 15) is 9.59 Å². The molecule has 0 aromatic heterocycles. The summed E-state index contributed by atoms with van der Waals surface area (Å²) < 4.78 is 10.4. The van der Waals surface area contributed by atoms with Gasteiger partial charge in [0.1, 0.15) is 18.1 Å². The highest BCUT2D eigenvalue weighted by molar-refractivity contribution is 6.39. The second-order valence-electron chi connectivity index (χ2n) is 5.05. The van der Waals surface area contributed by atoms with Crippen LogP contribution in [-0.4, -0.2) is 31.7 Å². The monoisotopic (exact) mass is 353 g/mol. The number of ether oxygens (including phenoxy) is 2. The first-order valence-electron chi connectivity index (χ1n) is 7.74. The van der Waals surface area contributed by atoms with Gasteiger partial charge in [0.25, 0.3) is 0 Å². The normalized spacial score (nSPS) is 10.2. The van der Waals surface area contributed by atoms with Gasteiger partial charge < -0.3 is 14.8 Å². The number of carbonyl (C=O) groups excluding carboxylic acids is 2. The molecule has 0 fully saturated rings. The number of amides is 2. The number of methoxy groups -OCH3 is 1. The molecular formula is C19H19N3O4. The lowest BCUT2D eigenvalue weighted by atomic mass is 10.2. The fraction of sp³-hybridized carbons (Fsp3) is 0.105. The first kappa shape index (κ1) is 18.7. The molecular weight excluding hydrogens is 334 g/mol. The highest BCUT2D eigenvalue weighted by atomic mass is 16.5. The van der Waals surface area contributed by atoms with Crippen molar-refractivity contribution in [1.29, 1.82) is 0 Å². The molecule has 0 atom stereocenters. The third-order valence-corrected chi connectivity index (χ3v) is 3.16. The highest BCUT2D eigenvalue weighted by Gasteiger charge is 2.12. The van der Waals surface area contributed by atoms with Gasteiger partial charge in [-0.05, 0) is 42.0 Å². The van der Waals surface area contributed by atoms with Crippen molar-refractivity contribution in [2.24, 2.45) is 5.10 Å². The number of hydrogen-bond acceptors (Lipinski definition) is 5. The lowest BCUT2D eigenvalue weighted by Gasteiger charge is -2.05. The molecule has 0 radical (unpaired) electrons. The van der Waals surface area contributed by atoms with Crippen molar-refractivity contribution in [3.63, 3.8) is 0 Å². The van der Waals surface area contributed by atoms with Crippen LogP contribution in [-0.2, 0) is 9.59 Å². The molecule has 26 heavy (non-hydrogen) atoms. The van der Waals surface area contributed by atoms with E-state index in [1.807, 2.05) is 0 Å². The van der Waals surface area contributed by atoms with E-state index in [4.69, 9.17) is 9.47 Å². The molecule has 0 bridgehead atoms. The van der Waals surface area contributed by atoms with Crippen molar-refractivity contribution in [3.8, 4) is 11.5 Å². The van der Waals surface area contributed by atoms with Gasteiger partial charge in [-0.1, -0.05) is 24.8 Å². The Morgan fingerprint density at radius 1 is 1.12 bits per heavy atom. The van der Waals surface area contributed by atoms with E-state index in [1.165, 1.54) is 6.21 Å². The van der Waals surface area contributed by atoms with Crippen LogP contribution in [0.4, 0.5) is 5.69 Å². The molecule has 7 heteroatoms. The summed E-state index contributed by atoms with van der Waals surface area (Å²) in [7, 11) is 1.54. The Labute approximate surface area is 151 Å². The van der Waals surface area contributed by atoms with E-state index < -0.39 is 11.8 Å². The molecule has 2 amide bonds. The summed E-state index contributed by atoms with van der Waals surface area (Å²) >= 11 is 0. The maximum absolute atomic E-state index is 11.8. The molecule has 0 unspecified atom stereocenters. The number of hydrazone groups is 1. The first-order valence-corrected chi connectivity index (χ1v) is 7.74. The quantitative estimate of drug-likeness (QED) is 0.346. The third kappa shape index (κ3) is 5.79. The lowest BCUT2D eigenvalue weighted by Crippen LogP contribution is -2.32. The Morgan fingerprint density at radius 3 is 2.58 bits per heavy atom. The van der Waals surface area contributed by atoms with E-state index >= 15 is 0 Å². The Kier molecular flexibility index (Phi) is 6.93. The second-order valence-corrected chi connectivity index (χ2v) is 5.05. The van der Waals surface area contributed by atoms with Crippen LogP contribution in [0.25, 0.3) is 0 Å². The van der Waals surface area contributed by atoms with Gasteiger partial charge in [0.15, 0.2) is 0 Å². The zero-order valence-corrected chi connectivity index (χ0v) is 14.3. The minimum atomic E-state index is -0.879. The third-order valence-electron chi connectivity index (χ3n) is 3.16. The van der Waals surface area contributed by atoms with Crippen LogP contribution in [0, 0.1) is 0 Å². The van der Waals surface area contributed by atoms with Crippen molar-refractivity contribution in [3.05, 3.63) is 66.7 Å². The van der Waals surface area contributed by atoms with Gasteiger partial charge in [0.2, 0.25) is 0 Å². The Morgan fingerprint density at radius 2 is 1.88 bits per heavy atom. The fourth-order valence-corrected chi connectivity index (χ4v) is 1.92. The first-order chi connectivity index (χ1) is 12.6. The van der Waals surface area contributed by atoms with Crippen molar-refractivity contribution < 1.29 is 19.1 Å². The molecule has 0 heterocycles. The van der Waals surface area contributed by atoms with Crippen molar-refractivity contribution in [1.82, 2.24) is 5.43 Å². The molecule has 2 aromatic rings. The number of benzene rings is 2. The van der Waals surface area contributed by atoms with Gasteiger partial charge in [-0.15, -0.1) is 0 Å². The standard InChI is InChI=1S/C19H19N3O4/c1-3-11-26-17-6-4-5-14(12-17)13-20-22-19(24)18(23)21-15-7-9-16(25-2)10-8-15/h3-10,12-13H,1,11H2,2H3,(H,21,23)(H,22,24)/b20-13-. The average Bonchev–Trinajstić information content (AvgIpc) is 2.67. The van der Waals surface area contributed by atoms with Crippen LogP contribution in [0.1, 0.15) is 5.56 Å². The van der Waals surface area contributed by atoms with E-state index in [2.05, 4.69) is 22.4 Å². The van der Waals surface area contributed by atoms with E-state index in [1.54, 1.807) is 61.7 Å². The molecule has 0 aliphatic heterocycles. The van der Waals surface area contributed by atoms with Crippen LogP contribution >= 0.6 is 0 Å². The van der Waals surface area contributed by atoms with Gasteiger partial charge >= 0.3 is 11.8 Å². The summed E-state index contributed by atoms with van der Waals surface area (Å²) in [4.78, 5) is 23.6. The maximum atomic E-state index is 11.8. The molecule has 7 nitrogen and oxygen atoms in total. The predicted molar refractivity (Wildman–Crippen MR) is 99.5 cm³/mol. The van der Waals surface area contributed by atoms with E-state index in [0.29, 0.717) is 29.4 Å². The van der Waals surface area contributed by atoms with Crippen LogP contribution in [0.5, 0.6) is 11.5 Å². The zero-order valence-electron chi connectivity index (χ0n) is 14.3. The molecule has 0 spiro atoms. The van der Waals surface area contributed by atoms with Gasteiger partial charge in [0.05, 0.1) is 13.3 Å². The Hall–Kier alpha value is -3.61. The van der Waals surface area contributed by atoms with E-state index in [-0.39, 0.29) is 0 Å². The second kappa shape index (κ2) is 9.63. The Bertz CT molecular complexity index is 801. The molecule has 134 valence electrons. The summed E-state index contributed by atoms with van der Waals surface area (Å²) in [5.41, 5.74) is 3.36. The predicted octanol–water partition coefficient (Wildman–Crippen LogP) is 2.35. The summed E-state index contributed by atoms with van der Waals surface area (Å²) in [5, 5.41) is 6.24. The molecule has 0 saturated heterocycles. The van der Waals surface area contributed by atoms with Gasteiger partial charge in [-0.2, -0.15) is 5.10 Å². The number of rotatable bonds is 7. The number of nitrogens with one attached hydrogen (secondary N) is 2. The topological polar surface area (TPSA) is 89.0 Å². The van der Waals surface area contributed by atoms with Gasteiger partial charge in [0, 0.05) is 5.69 Å².